The number of hydrogen-bond donors (Lipinski definition) is 1. The number of Topliss-reactive ketones (excluding diaryl/α,β-unsaturated/α-hetero) is 1. The van der Waals surface area contributed by atoms with Gasteiger partial charge in [-0.3, -0.25) is 9.59 Å². The molecule has 0 saturated heterocycles. The van der Waals surface area contributed by atoms with E-state index in [1.54, 1.807) is 23.1 Å². The van der Waals surface area contributed by atoms with Crippen LogP contribution in [0.3, 0.4) is 0 Å². The highest BCUT2D eigenvalue weighted by atomic mass is 16.5. The van der Waals surface area contributed by atoms with Crippen LogP contribution in [-0.2, 0) is 4.79 Å². The first-order valence-electron chi connectivity index (χ1n) is 6.28. The molecule has 19 heavy (non-hydrogen) atoms. The highest BCUT2D eigenvalue weighted by Crippen LogP contribution is 2.23. The van der Waals surface area contributed by atoms with Gasteiger partial charge in [-0.2, -0.15) is 0 Å². The molecule has 0 aliphatic carbocycles. The number of amides is 1. The number of nitrogens with one attached hydrogen (secondary N) is 1. The zero-order valence-corrected chi connectivity index (χ0v) is 11.2. The van der Waals surface area contributed by atoms with Crippen LogP contribution in [0.15, 0.2) is 24.3 Å². The maximum Gasteiger partial charge on any atom is 0.234 e. The maximum atomic E-state index is 12.3. The summed E-state index contributed by atoms with van der Waals surface area (Å²) in [6.07, 6.45) is 0.493. The van der Waals surface area contributed by atoms with Gasteiger partial charge in [-0.15, -0.1) is 0 Å². The van der Waals surface area contributed by atoms with Crippen molar-refractivity contribution in [3.05, 3.63) is 29.8 Å². The van der Waals surface area contributed by atoms with E-state index in [1.807, 2.05) is 20.2 Å². The first-order chi connectivity index (χ1) is 9.08. The highest BCUT2D eigenvalue weighted by molar-refractivity contribution is 6.04. The molecule has 2 rings (SSSR count). The molecule has 1 heterocycles. The van der Waals surface area contributed by atoms with Gasteiger partial charge in [0.2, 0.25) is 5.91 Å². The minimum absolute atomic E-state index is 0.0831. The quantitative estimate of drug-likeness (QED) is 0.871. The number of fused-ring (bicyclic) bond motifs is 1. The van der Waals surface area contributed by atoms with E-state index in [2.05, 4.69) is 5.32 Å². The Morgan fingerprint density at radius 1 is 1.42 bits per heavy atom. The van der Waals surface area contributed by atoms with Crippen LogP contribution in [0.1, 0.15) is 16.8 Å². The topological polar surface area (TPSA) is 58.6 Å². The Labute approximate surface area is 112 Å². The molecule has 1 aromatic rings. The van der Waals surface area contributed by atoms with Gasteiger partial charge >= 0.3 is 0 Å². The minimum atomic E-state index is -0.504. The van der Waals surface area contributed by atoms with Crippen molar-refractivity contribution in [3.63, 3.8) is 0 Å². The summed E-state index contributed by atoms with van der Waals surface area (Å²) in [7, 11) is 3.62. The number of para-hydroxylation sites is 1. The van der Waals surface area contributed by atoms with Crippen LogP contribution in [0.5, 0.6) is 5.75 Å². The van der Waals surface area contributed by atoms with Gasteiger partial charge < -0.3 is 15.0 Å². The Bertz CT molecular complexity index is 485. The molecule has 0 fully saturated rings. The average Bonchev–Trinajstić information content (AvgIpc) is 2.50. The summed E-state index contributed by atoms with van der Waals surface area (Å²) in [5, 5.41) is 2.77. The number of rotatable bonds is 3. The van der Waals surface area contributed by atoms with Crippen molar-refractivity contribution in [1.29, 1.82) is 0 Å². The smallest absolute Gasteiger partial charge is 0.234 e. The van der Waals surface area contributed by atoms with Crippen LogP contribution >= 0.6 is 0 Å². The van der Waals surface area contributed by atoms with Crippen molar-refractivity contribution < 1.29 is 14.3 Å². The fourth-order valence-corrected chi connectivity index (χ4v) is 2.07. The first kappa shape index (κ1) is 13.5. The average molecular weight is 262 g/mol. The van der Waals surface area contributed by atoms with Crippen molar-refractivity contribution in [1.82, 2.24) is 10.2 Å². The van der Waals surface area contributed by atoms with E-state index in [9.17, 15) is 9.59 Å². The standard InChI is InChI=1S/C14H18N2O3/c1-16(2)9-13(17)15-11-7-8-19-12-6-4-3-5-10(12)14(11)18/h3-6,11H,7-9H2,1-2H3,(H,15,17). The van der Waals surface area contributed by atoms with E-state index in [0.29, 0.717) is 24.3 Å². The van der Waals surface area contributed by atoms with Crippen LogP contribution in [0.25, 0.3) is 0 Å². The van der Waals surface area contributed by atoms with Gasteiger partial charge in [0, 0.05) is 6.42 Å². The Kier molecular flexibility index (Phi) is 4.16. The highest BCUT2D eigenvalue weighted by Gasteiger charge is 2.27. The summed E-state index contributed by atoms with van der Waals surface area (Å²) >= 11 is 0. The van der Waals surface area contributed by atoms with Crippen molar-refractivity contribution in [2.75, 3.05) is 27.2 Å². The van der Waals surface area contributed by atoms with E-state index in [0.717, 1.165) is 0 Å². The number of nitrogens with zero attached hydrogens (tertiary/aromatic N) is 1. The summed E-state index contributed by atoms with van der Waals surface area (Å²) < 4.78 is 5.53. The van der Waals surface area contributed by atoms with Gasteiger partial charge in [-0.1, -0.05) is 12.1 Å². The lowest BCUT2D eigenvalue weighted by Crippen LogP contribution is -2.44. The first-order valence-corrected chi connectivity index (χ1v) is 6.28. The number of likely N-dealkylation sites (N-methyl/N-ethyl adjacent to an activating group) is 1. The molecule has 102 valence electrons. The molecule has 5 heteroatoms. The number of hydrogen-bond acceptors (Lipinski definition) is 4. The molecule has 1 atom stereocenters. The fraction of sp³-hybridized carbons (Fsp3) is 0.429. The summed E-state index contributed by atoms with van der Waals surface area (Å²) in [4.78, 5) is 25.9. The third-order valence-electron chi connectivity index (χ3n) is 2.93. The van der Waals surface area contributed by atoms with Gasteiger partial charge in [0.25, 0.3) is 0 Å². The zero-order valence-electron chi connectivity index (χ0n) is 11.2. The van der Waals surface area contributed by atoms with Crippen molar-refractivity contribution in [3.8, 4) is 5.75 Å². The van der Waals surface area contributed by atoms with Gasteiger partial charge in [0.15, 0.2) is 5.78 Å². The summed E-state index contributed by atoms with van der Waals surface area (Å²) in [5.41, 5.74) is 0.537. The van der Waals surface area contributed by atoms with Crippen molar-refractivity contribution in [2.24, 2.45) is 0 Å². The molecule has 0 spiro atoms. The predicted octanol–water partition coefficient (Wildman–Crippen LogP) is 0.698. The second-order valence-electron chi connectivity index (χ2n) is 4.86. The van der Waals surface area contributed by atoms with E-state index in [1.165, 1.54) is 0 Å². The maximum absolute atomic E-state index is 12.3. The van der Waals surface area contributed by atoms with Gasteiger partial charge in [0.05, 0.1) is 24.8 Å². The fourth-order valence-electron chi connectivity index (χ4n) is 2.07. The van der Waals surface area contributed by atoms with Gasteiger partial charge in [0.1, 0.15) is 5.75 Å². The minimum Gasteiger partial charge on any atom is -0.493 e. The van der Waals surface area contributed by atoms with Crippen LogP contribution in [0.4, 0.5) is 0 Å². The Morgan fingerprint density at radius 3 is 2.89 bits per heavy atom. The molecule has 0 bridgehead atoms. The van der Waals surface area contributed by atoms with Gasteiger partial charge in [-0.05, 0) is 26.2 Å². The largest absolute Gasteiger partial charge is 0.493 e. The second kappa shape index (κ2) is 5.84. The summed E-state index contributed by atoms with van der Waals surface area (Å²) in [5.74, 6) is 0.361. The molecule has 0 saturated carbocycles. The molecule has 1 aromatic carbocycles. The summed E-state index contributed by atoms with van der Waals surface area (Å²) in [6.45, 7) is 0.696. The number of ketones is 1. The molecular formula is C14H18N2O3. The predicted molar refractivity (Wildman–Crippen MR) is 71.4 cm³/mol. The molecule has 1 aliphatic rings. The van der Waals surface area contributed by atoms with E-state index in [-0.39, 0.29) is 18.2 Å². The molecule has 1 amide bonds. The molecule has 1 N–H and O–H groups in total. The number of benzene rings is 1. The van der Waals surface area contributed by atoms with Crippen LogP contribution in [0.2, 0.25) is 0 Å². The lowest BCUT2D eigenvalue weighted by Gasteiger charge is -2.16. The molecular weight excluding hydrogens is 244 g/mol. The lowest BCUT2D eigenvalue weighted by molar-refractivity contribution is -0.122. The van der Waals surface area contributed by atoms with E-state index in [4.69, 9.17) is 4.74 Å². The van der Waals surface area contributed by atoms with Crippen LogP contribution < -0.4 is 10.1 Å². The van der Waals surface area contributed by atoms with Crippen LogP contribution in [0, 0.1) is 0 Å². The molecule has 5 nitrogen and oxygen atoms in total. The Balaban J connectivity index is 2.11. The number of carbonyl (C=O) groups excluding carboxylic acids is 2. The lowest BCUT2D eigenvalue weighted by atomic mass is 10.0. The number of ether oxygens (including phenoxy) is 1. The monoisotopic (exact) mass is 262 g/mol. The number of carbonyl (C=O) groups is 2. The second-order valence-corrected chi connectivity index (χ2v) is 4.86. The Morgan fingerprint density at radius 2 is 2.16 bits per heavy atom. The van der Waals surface area contributed by atoms with Crippen molar-refractivity contribution in [2.45, 2.75) is 12.5 Å². The zero-order chi connectivity index (χ0) is 13.8. The Hall–Kier alpha value is -1.88. The summed E-state index contributed by atoms with van der Waals surface area (Å²) in [6, 6.07) is 6.63. The third kappa shape index (κ3) is 3.32. The molecule has 0 aromatic heterocycles. The van der Waals surface area contributed by atoms with Crippen LogP contribution in [-0.4, -0.2) is 49.9 Å². The normalized spacial score (nSPS) is 18.5. The molecule has 1 aliphatic heterocycles. The van der Waals surface area contributed by atoms with E-state index >= 15 is 0 Å². The van der Waals surface area contributed by atoms with Crippen molar-refractivity contribution >= 4 is 11.7 Å². The SMILES string of the molecule is CN(C)CC(=O)NC1CCOc2ccccc2C1=O. The third-order valence-corrected chi connectivity index (χ3v) is 2.93. The van der Waals surface area contributed by atoms with Gasteiger partial charge in [-0.25, -0.2) is 0 Å². The van der Waals surface area contributed by atoms with E-state index < -0.39 is 6.04 Å². The molecule has 0 radical (unpaired) electrons. The molecule has 1 unspecified atom stereocenters.